The van der Waals surface area contributed by atoms with E-state index in [1.165, 1.54) is 30.2 Å². The first-order valence-electron chi connectivity index (χ1n) is 8.49. The fraction of sp³-hybridized carbons (Fsp3) is 0.316. The van der Waals surface area contributed by atoms with Gasteiger partial charge < -0.3 is 5.32 Å². The van der Waals surface area contributed by atoms with Gasteiger partial charge in [-0.1, -0.05) is 37.2 Å². The largest absolute Gasteiger partial charge is 0.353 e. The summed E-state index contributed by atoms with van der Waals surface area (Å²) in [5.74, 6) is 0.0801. The number of benzene rings is 1. The summed E-state index contributed by atoms with van der Waals surface area (Å²) >= 11 is 2.97. The number of halogens is 1. The van der Waals surface area contributed by atoms with Crippen molar-refractivity contribution in [1.82, 2.24) is 15.3 Å². The monoisotopic (exact) mass is 389 g/mol. The average molecular weight is 390 g/mol. The van der Waals surface area contributed by atoms with E-state index in [-0.39, 0.29) is 17.8 Å². The SMILES string of the molecule is CCC[C@H](C)NC(=O)CSc1ncnc2cc(-c3ccc(F)cc3)sc12. The van der Waals surface area contributed by atoms with Crippen molar-refractivity contribution < 1.29 is 9.18 Å². The molecule has 0 aliphatic rings. The number of hydrogen-bond donors (Lipinski definition) is 1. The smallest absolute Gasteiger partial charge is 0.230 e. The summed E-state index contributed by atoms with van der Waals surface area (Å²) in [5.41, 5.74) is 1.78. The molecule has 0 aliphatic heterocycles. The Morgan fingerprint density at radius 3 is 2.81 bits per heavy atom. The molecule has 3 aromatic rings. The predicted molar refractivity (Wildman–Crippen MR) is 106 cm³/mol. The lowest BCUT2D eigenvalue weighted by atomic mass is 10.2. The van der Waals surface area contributed by atoms with Crippen LogP contribution in [0, 0.1) is 5.82 Å². The van der Waals surface area contributed by atoms with Crippen molar-refractivity contribution in [3.8, 4) is 10.4 Å². The van der Waals surface area contributed by atoms with Crippen LogP contribution in [0.3, 0.4) is 0 Å². The maximum absolute atomic E-state index is 13.1. The molecule has 4 nitrogen and oxygen atoms in total. The predicted octanol–water partition coefficient (Wildman–Crippen LogP) is 4.89. The highest BCUT2D eigenvalue weighted by molar-refractivity contribution is 8.00. The van der Waals surface area contributed by atoms with Crippen LogP contribution in [0.25, 0.3) is 20.7 Å². The third kappa shape index (κ3) is 4.59. The highest BCUT2D eigenvalue weighted by Gasteiger charge is 2.13. The van der Waals surface area contributed by atoms with Gasteiger partial charge in [0.1, 0.15) is 17.2 Å². The molecule has 2 heterocycles. The molecule has 0 unspecified atom stereocenters. The molecule has 0 saturated heterocycles. The maximum atomic E-state index is 13.1. The summed E-state index contributed by atoms with van der Waals surface area (Å²) in [5, 5.41) is 3.80. The van der Waals surface area contributed by atoms with Crippen LogP contribution in [0.5, 0.6) is 0 Å². The number of nitrogens with one attached hydrogen (secondary N) is 1. The zero-order chi connectivity index (χ0) is 18.5. The number of amides is 1. The van der Waals surface area contributed by atoms with Crippen LogP contribution in [-0.4, -0.2) is 27.7 Å². The zero-order valence-electron chi connectivity index (χ0n) is 14.7. The Hall–Kier alpha value is -1.99. The number of nitrogens with zero attached hydrogens (tertiary/aromatic N) is 2. The van der Waals surface area contributed by atoms with Crippen molar-refractivity contribution in [1.29, 1.82) is 0 Å². The summed E-state index contributed by atoms with van der Waals surface area (Å²) in [6.45, 7) is 4.12. The van der Waals surface area contributed by atoms with Gasteiger partial charge in [0, 0.05) is 10.9 Å². The molecule has 0 fully saturated rings. The Morgan fingerprint density at radius 1 is 1.31 bits per heavy atom. The number of carbonyl (C=O) groups is 1. The third-order valence-electron chi connectivity index (χ3n) is 3.88. The summed E-state index contributed by atoms with van der Waals surface area (Å²) < 4.78 is 14.1. The Morgan fingerprint density at radius 2 is 2.08 bits per heavy atom. The van der Waals surface area contributed by atoms with E-state index in [0.29, 0.717) is 5.75 Å². The highest BCUT2D eigenvalue weighted by Crippen LogP contribution is 2.36. The van der Waals surface area contributed by atoms with Crippen molar-refractivity contribution in [3.63, 3.8) is 0 Å². The van der Waals surface area contributed by atoms with Gasteiger partial charge >= 0.3 is 0 Å². The van der Waals surface area contributed by atoms with Crippen molar-refractivity contribution in [2.75, 3.05) is 5.75 Å². The van der Waals surface area contributed by atoms with E-state index in [1.807, 2.05) is 13.0 Å². The molecule has 0 radical (unpaired) electrons. The molecule has 1 atom stereocenters. The molecule has 0 aliphatic carbocycles. The molecule has 0 bridgehead atoms. The summed E-state index contributed by atoms with van der Waals surface area (Å²) in [4.78, 5) is 21.7. The topological polar surface area (TPSA) is 54.9 Å². The molecule has 1 amide bonds. The van der Waals surface area contributed by atoms with Crippen molar-refractivity contribution in [3.05, 3.63) is 42.5 Å². The summed E-state index contributed by atoms with van der Waals surface area (Å²) in [6, 6.07) is 8.56. The number of rotatable bonds is 7. The Balaban J connectivity index is 1.75. The van der Waals surface area contributed by atoms with Gasteiger partial charge in [-0.15, -0.1) is 11.3 Å². The van der Waals surface area contributed by atoms with Crippen LogP contribution >= 0.6 is 23.1 Å². The number of hydrogen-bond acceptors (Lipinski definition) is 5. The number of thiophene rings is 1. The lowest BCUT2D eigenvalue weighted by molar-refractivity contribution is -0.119. The molecule has 0 saturated carbocycles. The number of aromatic nitrogens is 2. The van der Waals surface area contributed by atoms with Gasteiger partial charge in [-0.3, -0.25) is 4.79 Å². The van der Waals surface area contributed by atoms with Gasteiger partial charge in [0.05, 0.1) is 16.0 Å². The van der Waals surface area contributed by atoms with Crippen LogP contribution in [0.1, 0.15) is 26.7 Å². The molecule has 26 heavy (non-hydrogen) atoms. The number of thioether (sulfide) groups is 1. The van der Waals surface area contributed by atoms with E-state index in [2.05, 4.69) is 22.2 Å². The maximum Gasteiger partial charge on any atom is 0.230 e. The van der Waals surface area contributed by atoms with E-state index in [1.54, 1.807) is 23.5 Å². The fourth-order valence-electron chi connectivity index (χ4n) is 2.65. The molecule has 2 aromatic heterocycles. The van der Waals surface area contributed by atoms with Gasteiger partial charge in [0.25, 0.3) is 0 Å². The Bertz CT molecular complexity index is 895. The Labute approximate surface area is 160 Å². The standard InChI is InChI=1S/C19H20FN3OS2/c1-3-4-12(2)23-17(24)10-25-19-18-15(21-11-22-19)9-16(26-18)13-5-7-14(20)8-6-13/h5-9,11-12H,3-4,10H2,1-2H3,(H,23,24)/t12-/m0/s1. The first-order valence-corrected chi connectivity index (χ1v) is 10.3. The molecule has 1 N–H and O–H groups in total. The lowest BCUT2D eigenvalue weighted by Crippen LogP contribution is -2.33. The molecule has 1 aromatic carbocycles. The zero-order valence-corrected chi connectivity index (χ0v) is 16.3. The third-order valence-corrected chi connectivity index (χ3v) is 6.18. The molecular weight excluding hydrogens is 369 g/mol. The highest BCUT2D eigenvalue weighted by atomic mass is 32.2. The minimum Gasteiger partial charge on any atom is -0.353 e. The second-order valence-electron chi connectivity index (χ2n) is 6.06. The molecular formula is C19H20FN3OS2. The minimum atomic E-state index is -0.255. The van der Waals surface area contributed by atoms with Crippen LogP contribution in [0.15, 0.2) is 41.7 Å². The van der Waals surface area contributed by atoms with E-state index >= 15 is 0 Å². The van der Waals surface area contributed by atoms with Gasteiger partial charge in [0.15, 0.2) is 0 Å². The molecule has 136 valence electrons. The minimum absolute atomic E-state index is 0.0121. The van der Waals surface area contributed by atoms with E-state index in [0.717, 1.165) is 38.5 Å². The second-order valence-corrected chi connectivity index (χ2v) is 8.07. The number of carbonyl (C=O) groups excluding carboxylic acids is 1. The average Bonchev–Trinajstić information content (AvgIpc) is 3.05. The summed E-state index contributed by atoms with van der Waals surface area (Å²) in [7, 11) is 0. The van der Waals surface area contributed by atoms with Crippen molar-refractivity contribution >= 4 is 39.2 Å². The van der Waals surface area contributed by atoms with Gasteiger partial charge in [-0.2, -0.15) is 0 Å². The normalized spacial score (nSPS) is 12.3. The lowest BCUT2D eigenvalue weighted by Gasteiger charge is -2.12. The number of fused-ring (bicyclic) bond motifs is 1. The first-order chi connectivity index (χ1) is 12.6. The molecule has 0 spiro atoms. The van der Waals surface area contributed by atoms with Gasteiger partial charge in [-0.25, -0.2) is 14.4 Å². The van der Waals surface area contributed by atoms with Crippen molar-refractivity contribution in [2.45, 2.75) is 37.8 Å². The first kappa shape index (κ1) is 18.8. The van der Waals surface area contributed by atoms with Gasteiger partial charge in [0.2, 0.25) is 5.91 Å². The van der Waals surface area contributed by atoms with Crippen LogP contribution < -0.4 is 5.32 Å². The quantitative estimate of drug-likeness (QED) is 0.461. The fourth-order valence-corrected chi connectivity index (χ4v) is 4.66. The van der Waals surface area contributed by atoms with Crippen molar-refractivity contribution in [2.24, 2.45) is 0 Å². The van der Waals surface area contributed by atoms with Crippen LogP contribution in [-0.2, 0) is 4.79 Å². The van der Waals surface area contributed by atoms with Gasteiger partial charge in [-0.05, 0) is 37.1 Å². The van der Waals surface area contributed by atoms with E-state index in [9.17, 15) is 9.18 Å². The van der Waals surface area contributed by atoms with E-state index in [4.69, 9.17) is 0 Å². The second kappa shape index (κ2) is 8.60. The molecule has 7 heteroatoms. The summed E-state index contributed by atoms with van der Waals surface area (Å²) in [6.07, 6.45) is 3.53. The van der Waals surface area contributed by atoms with Crippen LogP contribution in [0.2, 0.25) is 0 Å². The van der Waals surface area contributed by atoms with Crippen LogP contribution in [0.4, 0.5) is 4.39 Å². The molecule has 3 rings (SSSR count). The Kier molecular flexibility index (Phi) is 6.21. The van der Waals surface area contributed by atoms with E-state index < -0.39 is 0 Å².